The Labute approximate surface area is 196 Å². The number of hydrogen-bond donors (Lipinski definition) is 0. The van der Waals surface area contributed by atoms with Gasteiger partial charge >= 0.3 is 11.6 Å². The fourth-order valence-electron chi connectivity index (χ4n) is 3.81. The van der Waals surface area contributed by atoms with Gasteiger partial charge in [0.25, 0.3) is 0 Å². The van der Waals surface area contributed by atoms with E-state index in [1.54, 1.807) is 12.1 Å². The molecule has 1 heterocycles. The Morgan fingerprint density at radius 3 is 2.18 bits per heavy atom. The van der Waals surface area contributed by atoms with Gasteiger partial charge in [-0.2, -0.15) is 0 Å². The summed E-state index contributed by atoms with van der Waals surface area (Å²) >= 11 is 0. The highest BCUT2D eigenvalue weighted by Crippen LogP contribution is 2.38. The Morgan fingerprint density at radius 1 is 0.882 bits per heavy atom. The molecule has 34 heavy (non-hydrogen) atoms. The van der Waals surface area contributed by atoms with Crippen LogP contribution in [0, 0.1) is 6.92 Å². The van der Waals surface area contributed by atoms with E-state index in [9.17, 15) is 9.59 Å². The van der Waals surface area contributed by atoms with Gasteiger partial charge in [0, 0.05) is 23.4 Å². The lowest BCUT2D eigenvalue weighted by atomic mass is 10.00. The molecule has 0 fully saturated rings. The van der Waals surface area contributed by atoms with Crippen LogP contribution in [0.1, 0.15) is 27.0 Å². The molecule has 0 atom stereocenters. The van der Waals surface area contributed by atoms with Gasteiger partial charge in [-0.25, -0.2) is 9.59 Å². The number of ether oxygens (including phenoxy) is 4. The number of hydrogen-bond acceptors (Lipinski definition) is 7. The second-order valence-corrected chi connectivity index (χ2v) is 7.62. The smallest absolute Gasteiger partial charge is 0.343 e. The highest BCUT2D eigenvalue weighted by molar-refractivity contribution is 5.93. The van der Waals surface area contributed by atoms with Crippen LogP contribution in [0.4, 0.5) is 0 Å². The normalized spacial score (nSPS) is 10.7. The molecule has 4 rings (SSSR count). The summed E-state index contributed by atoms with van der Waals surface area (Å²) < 4.78 is 27.0. The van der Waals surface area contributed by atoms with E-state index in [1.807, 2.05) is 37.3 Å². The summed E-state index contributed by atoms with van der Waals surface area (Å²) in [4.78, 5) is 25.5. The molecule has 0 N–H and O–H groups in total. The van der Waals surface area contributed by atoms with E-state index in [0.717, 1.165) is 16.5 Å². The monoisotopic (exact) mass is 460 g/mol. The first-order valence-corrected chi connectivity index (χ1v) is 10.6. The maximum Gasteiger partial charge on any atom is 0.343 e. The lowest BCUT2D eigenvalue weighted by Gasteiger charge is -2.14. The number of esters is 1. The number of carbonyl (C=O) groups excluding carboxylic acids is 1. The van der Waals surface area contributed by atoms with E-state index >= 15 is 0 Å². The van der Waals surface area contributed by atoms with Crippen LogP contribution in [0.2, 0.25) is 0 Å². The average Bonchev–Trinajstić information content (AvgIpc) is 2.86. The maximum absolute atomic E-state index is 12.8. The van der Waals surface area contributed by atoms with Crippen LogP contribution in [-0.2, 0) is 6.42 Å². The molecule has 0 amide bonds. The third-order valence-corrected chi connectivity index (χ3v) is 5.59. The molecule has 0 saturated carbocycles. The van der Waals surface area contributed by atoms with Crippen molar-refractivity contribution in [3.8, 4) is 23.0 Å². The molecule has 7 nitrogen and oxygen atoms in total. The number of methoxy groups -OCH3 is 3. The largest absolute Gasteiger partial charge is 0.493 e. The van der Waals surface area contributed by atoms with Gasteiger partial charge in [0.05, 0.1) is 26.9 Å². The third-order valence-electron chi connectivity index (χ3n) is 5.59. The molecular formula is C27H24O7. The first-order chi connectivity index (χ1) is 16.4. The van der Waals surface area contributed by atoms with E-state index in [4.69, 9.17) is 23.4 Å². The quantitative estimate of drug-likeness (QED) is 0.219. The van der Waals surface area contributed by atoms with Crippen molar-refractivity contribution in [2.24, 2.45) is 0 Å². The second-order valence-electron chi connectivity index (χ2n) is 7.62. The highest BCUT2D eigenvalue weighted by atomic mass is 16.5. The van der Waals surface area contributed by atoms with Crippen molar-refractivity contribution in [2.45, 2.75) is 13.3 Å². The first kappa shape index (κ1) is 22.9. The molecule has 0 aliphatic carbocycles. The van der Waals surface area contributed by atoms with Crippen LogP contribution < -0.4 is 24.6 Å². The highest BCUT2D eigenvalue weighted by Gasteiger charge is 2.19. The average molecular weight is 460 g/mol. The SMILES string of the molecule is COc1cc(C(=O)Oc2ccc3c(C)c(Cc4ccccc4)c(=O)oc3c2)cc(OC)c1OC. The summed E-state index contributed by atoms with van der Waals surface area (Å²) in [6.07, 6.45) is 0.475. The zero-order valence-corrected chi connectivity index (χ0v) is 19.3. The number of fused-ring (bicyclic) bond motifs is 1. The van der Waals surface area contributed by atoms with Crippen LogP contribution in [-0.4, -0.2) is 27.3 Å². The van der Waals surface area contributed by atoms with Crippen molar-refractivity contribution in [1.29, 1.82) is 0 Å². The number of benzene rings is 3. The van der Waals surface area contributed by atoms with Gasteiger partial charge in [0.15, 0.2) is 11.5 Å². The van der Waals surface area contributed by atoms with Gasteiger partial charge < -0.3 is 23.4 Å². The Morgan fingerprint density at radius 2 is 1.56 bits per heavy atom. The van der Waals surface area contributed by atoms with E-state index in [-0.39, 0.29) is 11.3 Å². The summed E-state index contributed by atoms with van der Waals surface area (Å²) in [5, 5.41) is 0.776. The van der Waals surface area contributed by atoms with Crippen molar-refractivity contribution in [2.75, 3.05) is 21.3 Å². The van der Waals surface area contributed by atoms with E-state index < -0.39 is 11.6 Å². The Bertz CT molecular complexity index is 1380. The molecule has 0 bridgehead atoms. The fourth-order valence-corrected chi connectivity index (χ4v) is 3.81. The van der Waals surface area contributed by atoms with Gasteiger partial charge in [-0.15, -0.1) is 0 Å². The van der Waals surface area contributed by atoms with Crippen molar-refractivity contribution in [3.63, 3.8) is 0 Å². The molecular weight excluding hydrogens is 436 g/mol. The number of aryl methyl sites for hydroxylation is 1. The topological polar surface area (TPSA) is 84.2 Å². The minimum atomic E-state index is -0.627. The van der Waals surface area contributed by atoms with Gasteiger partial charge in [-0.3, -0.25) is 0 Å². The summed E-state index contributed by atoms with van der Waals surface area (Å²) in [6.45, 7) is 1.89. The zero-order chi connectivity index (χ0) is 24.2. The predicted octanol–water partition coefficient (Wildman–Crippen LogP) is 4.94. The molecule has 0 aliphatic heterocycles. The third kappa shape index (κ3) is 4.45. The van der Waals surface area contributed by atoms with Crippen LogP contribution in [0.25, 0.3) is 11.0 Å². The minimum Gasteiger partial charge on any atom is -0.493 e. The summed E-state index contributed by atoms with van der Waals surface area (Å²) in [6, 6.07) is 17.7. The van der Waals surface area contributed by atoms with E-state index in [2.05, 4.69) is 0 Å². The summed E-state index contributed by atoms with van der Waals surface area (Å²) in [5.74, 6) is 0.651. The molecule has 0 aliphatic rings. The minimum absolute atomic E-state index is 0.213. The van der Waals surface area contributed by atoms with Gasteiger partial charge in [0.2, 0.25) is 5.75 Å². The lowest BCUT2D eigenvalue weighted by molar-refractivity contribution is 0.0734. The molecule has 0 saturated heterocycles. The van der Waals surface area contributed by atoms with Gasteiger partial charge in [-0.1, -0.05) is 30.3 Å². The number of rotatable bonds is 7. The second kappa shape index (κ2) is 9.70. The van der Waals surface area contributed by atoms with Crippen LogP contribution in [0.3, 0.4) is 0 Å². The molecule has 0 unspecified atom stereocenters. The molecule has 0 spiro atoms. The molecule has 7 heteroatoms. The Kier molecular flexibility index (Phi) is 6.54. The molecule has 174 valence electrons. The number of carbonyl (C=O) groups is 1. The van der Waals surface area contributed by atoms with Gasteiger partial charge in [0.1, 0.15) is 11.3 Å². The Hall–Kier alpha value is -4.26. The molecule has 3 aromatic carbocycles. The van der Waals surface area contributed by atoms with Crippen molar-refractivity contribution in [3.05, 3.63) is 93.3 Å². The zero-order valence-electron chi connectivity index (χ0n) is 19.3. The Balaban J connectivity index is 1.64. The van der Waals surface area contributed by atoms with Crippen LogP contribution in [0.5, 0.6) is 23.0 Å². The predicted molar refractivity (Wildman–Crippen MR) is 128 cm³/mol. The maximum atomic E-state index is 12.8. The van der Waals surface area contributed by atoms with Crippen molar-refractivity contribution >= 4 is 16.9 Å². The molecule has 0 radical (unpaired) electrons. The first-order valence-electron chi connectivity index (χ1n) is 10.6. The van der Waals surface area contributed by atoms with Crippen LogP contribution in [0.15, 0.2) is 69.9 Å². The van der Waals surface area contributed by atoms with Crippen LogP contribution >= 0.6 is 0 Å². The van der Waals surface area contributed by atoms with E-state index in [0.29, 0.717) is 34.8 Å². The molecule has 4 aromatic rings. The summed E-state index contributed by atoms with van der Waals surface area (Å²) in [5.41, 5.74) is 2.59. The lowest BCUT2D eigenvalue weighted by Crippen LogP contribution is -2.12. The summed E-state index contributed by atoms with van der Waals surface area (Å²) in [7, 11) is 4.41. The molecule has 1 aromatic heterocycles. The van der Waals surface area contributed by atoms with Crippen molar-refractivity contribution < 1.29 is 28.2 Å². The van der Waals surface area contributed by atoms with Gasteiger partial charge in [-0.05, 0) is 42.3 Å². The van der Waals surface area contributed by atoms with Crippen molar-refractivity contribution in [1.82, 2.24) is 0 Å². The fraction of sp³-hybridized carbons (Fsp3) is 0.185. The van der Waals surface area contributed by atoms with E-state index in [1.165, 1.54) is 39.5 Å². The standard InChI is InChI=1S/C27H24O7/c1-16-20-11-10-19(15-22(20)34-27(29)21(16)12-17-8-6-5-7-9-17)33-26(28)18-13-23(30-2)25(32-4)24(14-18)31-3/h5-11,13-15H,12H2,1-4H3.